The predicted octanol–water partition coefficient (Wildman–Crippen LogP) is 4.21. The Balaban J connectivity index is 1.29. The van der Waals surface area contributed by atoms with Crippen molar-refractivity contribution < 1.29 is 23.4 Å². The second kappa shape index (κ2) is 8.83. The van der Waals surface area contributed by atoms with Crippen molar-refractivity contribution in [2.45, 2.75) is 76.7 Å². The van der Waals surface area contributed by atoms with Gasteiger partial charge in [0, 0.05) is 13.0 Å². The largest absolute Gasteiger partial charge is 0.487 e. The fourth-order valence-electron chi connectivity index (χ4n) is 3.56. The molecule has 2 saturated carbocycles. The van der Waals surface area contributed by atoms with Gasteiger partial charge < -0.3 is 19.5 Å². The van der Waals surface area contributed by atoms with Crippen LogP contribution >= 0.6 is 11.3 Å². The molecule has 0 aliphatic heterocycles. The molecule has 2 aliphatic carbocycles. The van der Waals surface area contributed by atoms with Crippen LogP contribution in [-0.4, -0.2) is 41.9 Å². The predicted molar refractivity (Wildman–Crippen MR) is 109 cm³/mol. The molecule has 1 amide bonds. The van der Waals surface area contributed by atoms with E-state index in [9.17, 15) is 9.18 Å². The number of amides is 1. The van der Waals surface area contributed by atoms with Crippen molar-refractivity contribution in [1.29, 1.82) is 0 Å². The van der Waals surface area contributed by atoms with Gasteiger partial charge in [0.25, 0.3) is 5.19 Å². The van der Waals surface area contributed by atoms with Crippen LogP contribution in [0.15, 0.2) is 12.1 Å². The molecule has 0 saturated heterocycles. The van der Waals surface area contributed by atoms with Crippen molar-refractivity contribution in [1.82, 2.24) is 10.3 Å². The lowest BCUT2D eigenvalue weighted by Gasteiger charge is -2.30. The number of carbonyl (C=O) groups excluding carboxylic acids is 1. The molecule has 6 nitrogen and oxygen atoms in total. The second-order valence-corrected chi connectivity index (χ2v) is 8.94. The first-order chi connectivity index (χ1) is 14.0. The molecular weight excluding hydrogens is 395 g/mol. The first-order valence-electron chi connectivity index (χ1n) is 10.3. The maximum absolute atomic E-state index is 14.9. The molecule has 29 heavy (non-hydrogen) atoms. The molecule has 158 valence electrons. The van der Waals surface area contributed by atoms with Crippen LogP contribution in [0.1, 0.15) is 52.4 Å². The molecule has 2 aromatic rings. The molecule has 0 bridgehead atoms. The first kappa shape index (κ1) is 20.3. The van der Waals surface area contributed by atoms with E-state index >= 15 is 0 Å². The topological polar surface area (TPSA) is 69.7 Å². The summed E-state index contributed by atoms with van der Waals surface area (Å²) in [6.07, 6.45) is 5.82. The lowest BCUT2D eigenvalue weighted by Crippen LogP contribution is -2.36. The van der Waals surface area contributed by atoms with Gasteiger partial charge in [-0.3, -0.25) is 4.79 Å². The number of aromatic nitrogens is 1. The van der Waals surface area contributed by atoms with Gasteiger partial charge in [0.2, 0.25) is 5.91 Å². The van der Waals surface area contributed by atoms with Crippen molar-refractivity contribution in [3.8, 4) is 10.9 Å². The van der Waals surface area contributed by atoms with E-state index in [0.29, 0.717) is 22.0 Å². The zero-order chi connectivity index (χ0) is 20.4. The Kier molecular flexibility index (Phi) is 6.20. The third kappa shape index (κ3) is 5.36. The van der Waals surface area contributed by atoms with Gasteiger partial charge in [0.15, 0.2) is 11.6 Å². The number of carbonyl (C=O) groups is 1. The van der Waals surface area contributed by atoms with E-state index < -0.39 is 0 Å². The SMILES string of the molecule is CC(=O)N[C@@H](C)CO[C@H]1CC[C@H](Oc2ccc3nc(OC4CC4)sc3c2F)CC1. The lowest BCUT2D eigenvalue weighted by molar-refractivity contribution is -0.120. The quantitative estimate of drug-likeness (QED) is 0.690. The Morgan fingerprint density at radius 1 is 1.17 bits per heavy atom. The minimum absolute atomic E-state index is 0.00418. The zero-order valence-corrected chi connectivity index (χ0v) is 17.6. The van der Waals surface area contributed by atoms with E-state index in [1.165, 1.54) is 18.3 Å². The molecule has 4 rings (SSSR count). The van der Waals surface area contributed by atoms with Crippen molar-refractivity contribution >= 4 is 27.5 Å². The number of hydrogen-bond acceptors (Lipinski definition) is 6. The number of nitrogens with zero attached hydrogens (tertiary/aromatic N) is 1. The van der Waals surface area contributed by atoms with Crippen LogP contribution in [0.4, 0.5) is 4.39 Å². The molecule has 1 heterocycles. The fraction of sp³-hybridized carbons (Fsp3) is 0.619. The highest BCUT2D eigenvalue weighted by Crippen LogP contribution is 2.37. The number of fused-ring (bicyclic) bond motifs is 1. The molecule has 1 aromatic carbocycles. The molecule has 8 heteroatoms. The number of benzene rings is 1. The highest BCUT2D eigenvalue weighted by atomic mass is 32.1. The molecule has 0 radical (unpaired) electrons. The van der Waals surface area contributed by atoms with Crippen molar-refractivity contribution in [3.63, 3.8) is 0 Å². The Morgan fingerprint density at radius 2 is 1.83 bits per heavy atom. The molecule has 2 fully saturated rings. The number of nitrogens with one attached hydrogen (secondary N) is 1. The number of thiazole rings is 1. The molecule has 0 unspecified atom stereocenters. The average molecular weight is 423 g/mol. The van der Waals surface area contributed by atoms with Gasteiger partial charge in [0.1, 0.15) is 6.10 Å². The first-order valence-corrected chi connectivity index (χ1v) is 11.1. The van der Waals surface area contributed by atoms with Crippen molar-refractivity contribution in [3.05, 3.63) is 17.9 Å². The van der Waals surface area contributed by atoms with E-state index in [4.69, 9.17) is 14.2 Å². The summed E-state index contributed by atoms with van der Waals surface area (Å²) in [6.45, 7) is 3.93. The summed E-state index contributed by atoms with van der Waals surface area (Å²) in [5.41, 5.74) is 0.612. The summed E-state index contributed by atoms with van der Waals surface area (Å²) in [5, 5.41) is 3.35. The number of halogens is 1. The van der Waals surface area contributed by atoms with Gasteiger partial charge in [-0.15, -0.1) is 0 Å². The molecule has 0 spiro atoms. The van der Waals surface area contributed by atoms with Crippen molar-refractivity contribution in [2.75, 3.05) is 6.61 Å². The highest BCUT2D eigenvalue weighted by molar-refractivity contribution is 7.20. The number of rotatable bonds is 8. The van der Waals surface area contributed by atoms with Crippen LogP contribution in [0.5, 0.6) is 10.9 Å². The monoisotopic (exact) mass is 422 g/mol. The van der Waals surface area contributed by atoms with E-state index in [-0.39, 0.29) is 41.8 Å². The summed E-state index contributed by atoms with van der Waals surface area (Å²) in [7, 11) is 0. The molecule has 1 aromatic heterocycles. The van der Waals surface area contributed by atoms with Crippen LogP contribution in [-0.2, 0) is 9.53 Å². The van der Waals surface area contributed by atoms with Gasteiger partial charge in [-0.1, -0.05) is 11.3 Å². The Hall–Kier alpha value is -1.93. The maximum atomic E-state index is 14.9. The van der Waals surface area contributed by atoms with E-state index in [2.05, 4.69) is 10.3 Å². The average Bonchev–Trinajstić information content (AvgIpc) is 3.39. The van der Waals surface area contributed by atoms with Crippen LogP contribution in [0.2, 0.25) is 0 Å². The third-order valence-corrected chi connectivity index (χ3v) is 6.13. The van der Waals surface area contributed by atoms with Gasteiger partial charge in [-0.25, -0.2) is 9.37 Å². The Morgan fingerprint density at radius 3 is 2.52 bits per heavy atom. The summed E-state index contributed by atoms with van der Waals surface area (Å²) in [6, 6.07) is 3.45. The van der Waals surface area contributed by atoms with E-state index in [0.717, 1.165) is 38.5 Å². The molecule has 1 N–H and O–H groups in total. The lowest BCUT2D eigenvalue weighted by atomic mass is 9.95. The van der Waals surface area contributed by atoms with E-state index in [1.54, 1.807) is 12.1 Å². The maximum Gasteiger partial charge on any atom is 0.274 e. The fourth-order valence-corrected chi connectivity index (χ4v) is 4.47. The minimum Gasteiger partial charge on any atom is -0.487 e. The summed E-state index contributed by atoms with van der Waals surface area (Å²) >= 11 is 1.24. The smallest absolute Gasteiger partial charge is 0.274 e. The molecule has 1 atom stereocenters. The van der Waals surface area contributed by atoms with Crippen LogP contribution in [0, 0.1) is 5.82 Å². The van der Waals surface area contributed by atoms with Gasteiger partial charge in [-0.2, -0.15) is 0 Å². The number of hydrogen-bond donors (Lipinski definition) is 1. The number of ether oxygens (including phenoxy) is 3. The summed E-state index contributed by atoms with van der Waals surface area (Å²) in [5.74, 6) is -0.125. The standard InChI is InChI=1S/C21H27FN2O4S/c1-12(23-13(2)25)11-26-14-3-5-15(6-4-14)27-18-10-9-17-20(19(18)22)29-21(24-17)28-16-7-8-16/h9-10,12,14-16H,3-8,11H2,1-2H3,(H,23,25)/t12-,14-,15-/m0/s1. The van der Waals surface area contributed by atoms with Crippen LogP contribution in [0.25, 0.3) is 10.2 Å². The Bertz CT molecular complexity index is 862. The van der Waals surface area contributed by atoms with E-state index in [1.807, 2.05) is 6.92 Å². The summed E-state index contributed by atoms with van der Waals surface area (Å²) in [4.78, 5) is 15.4. The van der Waals surface area contributed by atoms with Gasteiger partial charge in [-0.05, 0) is 57.6 Å². The van der Waals surface area contributed by atoms with Crippen molar-refractivity contribution in [2.24, 2.45) is 0 Å². The molecule has 2 aliphatic rings. The van der Waals surface area contributed by atoms with Crippen LogP contribution in [0.3, 0.4) is 0 Å². The second-order valence-electron chi connectivity index (χ2n) is 7.97. The summed E-state index contributed by atoms with van der Waals surface area (Å²) < 4.78 is 33.0. The van der Waals surface area contributed by atoms with Gasteiger partial charge in [0.05, 0.1) is 29.0 Å². The van der Waals surface area contributed by atoms with Gasteiger partial charge >= 0.3 is 0 Å². The zero-order valence-electron chi connectivity index (χ0n) is 16.8. The highest BCUT2D eigenvalue weighted by Gasteiger charge is 2.27. The minimum atomic E-state index is -0.354. The Labute approximate surface area is 173 Å². The third-order valence-electron chi connectivity index (χ3n) is 5.18. The normalized spacial score (nSPS) is 23.0. The molecular formula is C21H27FN2O4S. The van der Waals surface area contributed by atoms with Crippen LogP contribution < -0.4 is 14.8 Å².